The van der Waals surface area contributed by atoms with E-state index in [1.165, 1.54) is 25.0 Å². The lowest BCUT2D eigenvalue weighted by Crippen LogP contribution is -2.39. The average molecular weight is 419 g/mol. The van der Waals surface area contributed by atoms with Gasteiger partial charge in [0, 0.05) is 23.2 Å². The van der Waals surface area contributed by atoms with Gasteiger partial charge in [0.05, 0.1) is 10.6 Å². The number of hydrogen-bond donors (Lipinski definition) is 1. The average Bonchev–Trinajstić information content (AvgIpc) is 3.11. The Kier molecular flexibility index (Phi) is 5.34. The summed E-state index contributed by atoms with van der Waals surface area (Å²) in [7, 11) is -3.81. The second kappa shape index (κ2) is 7.76. The third-order valence-corrected chi connectivity index (χ3v) is 7.35. The Hall–Kier alpha value is -2.05. The molecule has 1 amide bonds. The zero-order valence-corrected chi connectivity index (χ0v) is 17.0. The topological polar surface area (TPSA) is 66.5 Å². The Balaban J connectivity index is 1.56. The molecule has 2 fully saturated rings. The highest BCUT2D eigenvalue weighted by Crippen LogP contribution is 2.37. The number of benzene rings is 2. The number of fused-ring (bicyclic) bond motifs is 1. The summed E-state index contributed by atoms with van der Waals surface area (Å²) in [5, 5.41) is 0.445. The van der Waals surface area contributed by atoms with Gasteiger partial charge in [-0.25, -0.2) is 8.42 Å². The van der Waals surface area contributed by atoms with Crippen molar-refractivity contribution in [2.75, 3.05) is 11.3 Å². The first-order valence-corrected chi connectivity index (χ1v) is 11.5. The van der Waals surface area contributed by atoms with Crippen LogP contribution in [0.4, 0.5) is 5.69 Å². The Bertz CT molecular complexity index is 993. The van der Waals surface area contributed by atoms with Crippen LogP contribution in [0.2, 0.25) is 5.02 Å². The highest BCUT2D eigenvalue weighted by atomic mass is 35.5. The Morgan fingerprint density at radius 2 is 1.82 bits per heavy atom. The number of halogens is 1. The van der Waals surface area contributed by atoms with Crippen LogP contribution in [0.1, 0.15) is 42.5 Å². The molecule has 4 rings (SSSR count). The number of nitrogens with one attached hydrogen (secondary N) is 1. The maximum atomic E-state index is 13.1. The van der Waals surface area contributed by atoms with Gasteiger partial charge in [-0.1, -0.05) is 36.6 Å². The maximum Gasteiger partial charge on any atom is 0.261 e. The van der Waals surface area contributed by atoms with E-state index in [9.17, 15) is 13.2 Å². The molecule has 7 heteroatoms. The highest BCUT2D eigenvalue weighted by molar-refractivity contribution is 7.92. The lowest BCUT2D eigenvalue weighted by molar-refractivity contribution is 0.0690. The molecule has 1 aliphatic carbocycles. The molecule has 1 aliphatic heterocycles. The van der Waals surface area contributed by atoms with Gasteiger partial charge in [-0.3, -0.25) is 9.52 Å². The molecule has 0 radical (unpaired) electrons. The standard InChI is InChI=1S/C21H23ClN2O3S/c22-17-7-4-8-18(14-17)23-28(26,27)19-9-3-6-16(13-19)21(25)24-12-11-15-5-1-2-10-20(15)24/h3-4,6-9,13-15,20,23H,1-2,5,10-12H2. The number of likely N-dealkylation sites (tertiary alicyclic amines) is 1. The summed E-state index contributed by atoms with van der Waals surface area (Å²) >= 11 is 5.93. The summed E-state index contributed by atoms with van der Waals surface area (Å²) in [6, 6.07) is 13.1. The summed E-state index contributed by atoms with van der Waals surface area (Å²) < 4.78 is 28.0. The second-order valence-corrected chi connectivity index (χ2v) is 9.66. The SMILES string of the molecule is O=C(c1cccc(S(=O)(=O)Nc2cccc(Cl)c2)c1)N1CCC2CCCCC21. The van der Waals surface area contributed by atoms with Crippen LogP contribution in [0.15, 0.2) is 53.4 Å². The largest absolute Gasteiger partial charge is 0.335 e. The van der Waals surface area contributed by atoms with Crippen molar-refractivity contribution in [2.24, 2.45) is 5.92 Å². The first-order chi connectivity index (χ1) is 13.4. The fraction of sp³-hybridized carbons (Fsp3) is 0.381. The number of rotatable bonds is 4. The van der Waals surface area contributed by atoms with Gasteiger partial charge in [0.15, 0.2) is 0 Å². The fourth-order valence-electron chi connectivity index (χ4n) is 4.39. The molecule has 2 aromatic rings. The Morgan fingerprint density at radius 3 is 2.64 bits per heavy atom. The molecule has 1 heterocycles. The lowest BCUT2D eigenvalue weighted by Gasteiger charge is -2.31. The molecule has 0 bridgehead atoms. The van der Waals surface area contributed by atoms with E-state index >= 15 is 0 Å². The van der Waals surface area contributed by atoms with Crippen LogP contribution in [0, 0.1) is 5.92 Å². The van der Waals surface area contributed by atoms with Gasteiger partial charge in [0.25, 0.3) is 15.9 Å². The van der Waals surface area contributed by atoms with Gasteiger partial charge < -0.3 is 4.90 Å². The lowest BCUT2D eigenvalue weighted by atomic mass is 9.85. The summed E-state index contributed by atoms with van der Waals surface area (Å²) in [5.41, 5.74) is 0.800. The quantitative estimate of drug-likeness (QED) is 0.792. The van der Waals surface area contributed by atoms with E-state index in [2.05, 4.69) is 4.72 Å². The number of carbonyl (C=O) groups is 1. The van der Waals surface area contributed by atoms with Gasteiger partial charge in [-0.05, 0) is 61.6 Å². The van der Waals surface area contributed by atoms with E-state index in [-0.39, 0.29) is 10.8 Å². The molecule has 1 N–H and O–H groups in total. The molecule has 28 heavy (non-hydrogen) atoms. The molecular formula is C21H23ClN2O3S. The molecule has 2 unspecified atom stereocenters. The van der Waals surface area contributed by atoms with E-state index in [1.807, 2.05) is 4.90 Å². The molecule has 2 aliphatic rings. The van der Waals surface area contributed by atoms with Crippen LogP contribution in [-0.4, -0.2) is 31.8 Å². The Morgan fingerprint density at radius 1 is 1.04 bits per heavy atom. The van der Waals surface area contributed by atoms with Crippen LogP contribution < -0.4 is 4.72 Å². The third-order valence-electron chi connectivity index (χ3n) is 5.74. The van der Waals surface area contributed by atoms with Crippen molar-refractivity contribution in [1.29, 1.82) is 0 Å². The predicted molar refractivity (Wildman–Crippen MR) is 110 cm³/mol. The van der Waals surface area contributed by atoms with E-state index in [0.717, 1.165) is 25.8 Å². The van der Waals surface area contributed by atoms with Gasteiger partial charge in [0.1, 0.15) is 0 Å². The van der Waals surface area contributed by atoms with Crippen molar-refractivity contribution in [2.45, 2.75) is 43.0 Å². The minimum Gasteiger partial charge on any atom is -0.335 e. The van der Waals surface area contributed by atoms with E-state index < -0.39 is 10.0 Å². The summed E-state index contributed by atoms with van der Waals surface area (Å²) in [6.45, 7) is 0.756. The number of anilines is 1. The predicted octanol–water partition coefficient (Wildman–Crippen LogP) is 4.55. The Labute approximate surface area is 170 Å². The molecular weight excluding hydrogens is 396 g/mol. The van der Waals surface area contributed by atoms with Crippen LogP contribution in [0.25, 0.3) is 0 Å². The number of amides is 1. The van der Waals surface area contributed by atoms with E-state index in [0.29, 0.717) is 28.2 Å². The molecule has 2 aromatic carbocycles. The minimum atomic E-state index is -3.81. The van der Waals surface area contributed by atoms with Crippen molar-refractivity contribution >= 4 is 33.2 Å². The van der Waals surface area contributed by atoms with Crippen molar-refractivity contribution in [3.8, 4) is 0 Å². The van der Waals surface area contributed by atoms with Crippen LogP contribution >= 0.6 is 11.6 Å². The van der Waals surface area contributed by atoms with Crippen LogP contribution in [0.5, 0.6) is 0 Å². The number of sulfonamides is 1. The van der Waals surface area contributed by atoms with Gasteiger partial charge in [0.2, 0.25) is 0 Å². The number of nitrogens with zero attached hydrogens (tertiary/aromatic N) is 1. The number of hydrogen-bond acceptors (Lipinski definition) is 3. The fourth-order valence-corrected chi connectivity index (χ4v) is 5.67. The zero-order valence-electron chi connectivity index (χ0n) is 15.5. The van der Waals surface area contributed by atoms with Crippen LogP contribution in [-0.2, 0) is 10.0 Å². The highest BCUT2D eigenvalue weighted by Gasteiger charge is 2.38. The van der Waals surface area contributed by atoms with Gasteiger partial charge in [-0.2, -0.15) is 0 Å². The number of carbonyl (C=O) groups excluding carboxylic acids is 1. The molecule has 2 atom stereocenters. The van der Waals surface area contributed by atoms with Crippen molar-refractivity contribution in [3.63, 3.8) is 0 Å². The van der Waals surface area contributed by atoms with Crippen molar-refractivity contribution < 1.29 is 13.2 Å². The molecule has 0 aromatic heterocycles. The molecule has 148 valence electrons. The second-order valence-electron chi connectivity index (χ2n) is 7.54. The minimum absolute atomic E-state index is 0.0673. The van der Waals surface area contributed by atoms with Crippen LogP contribution in [0.3, 0.4) is 0 Å². The first kappa shape index (κ1) is 19.3. The summed E-state index contributed by atoms with van der Waals surface area (Å²) in [4.78, 5) is 15.1. The van der Waals surface area contributed by atoms with E-state index in [1.54, 1.807) is 36.4 Å². The maximum absolute atomic E-state index is 13.1. The summed E-state index contributed by atoms with van der Waals surface area (Å²) in [6.07, 6.45) is 5.68. The molecule has 5 nitrogen and oxygen atoms in total. The van der Waals surface area contributed by atoms with Gasteiger partial charge in [-0.15, -0.1) is 0 Å². The zero-order chi connectivity index (χ0) is 19.7. The van der Waals surface area contributed by atoms with Gasteiger partial charge >= 0.3 is 0 Å². The third kappa shape index (κ3) is 3.89. The normalized spacial score (nSPS) is 22.0. The first-order valence-electron chi connectivity index (χ1n) is 9.63. The molecule has 1 saturated carbocycles. The van der Waals surface area contributed by atoms with Crippen molar-refractivity contribution in [1.82, 2.24) is 4.90 Å². The molecule has 1 saturated heterocycles. The summed E-state index contributed by atoms with van der Waals surface area (Å²) in [5.74, 6) is 0.517. The van der Waals surface area contributed by atoms with Crippen molar-refractivity contribution in [3.05, 3.63) is 59.1 Å². The molecule has 0 spiro atoms. The smallest absolute Gasteiger partial charge is 0.261 e. The monoisotopic (exact) mass is 418 g/mol. The van der Waals surface area contributed by atoms with E-state index in [4.69, 9.17) is 11.6 Å².